The minimum atomic E-state index is -0.797. The van der Waals surface area contributed by atoms with Gasteiger partial charge < -0.3 is 10.4 Å². The van der Waals surface area contributed by atoms with Crippen LogP contribution in [0.15, 0.2) is 0 Å². The van der Waals surface area contributed by atoms with Gasteiger partial charge in [-0.1, -0.05) is 19.8 Å². The summed E-state index contributed by atoms with van der Waals surface area (Å²) in [6.07, 6.45) is 5.77. The Morgan fingerprint density at radius 1 is 1.38 bits per heavy atom. The molecule has 0 aromatic rings. The lowest BCUT2D eigenvalue weighted by Crippen LogP contribution is -2.58. The monoisotopic (exact) mass is 222 g/mol. The SMILES string of the molecule is CC1CCCC(C#N)(C2(O)CCCNC2)C1. The molecule has 0 aromatic carbocycles. The molecule has 0 bridgehead atoms. The number of piperidine rings is 1. The van der Waals surface area contributed by atoms with Gasteiger partial charge in [0.25, 0.3) is 0 Å². The Labute approximate surface area is 97.8 Å². The molecule has 0 aromatic heterocycles. The first-order valence-corrected chi connectivity index (χ1v) is 6.46. The van der Waals surface area contributed by atoms with Crippen molar-refractivity contribution in [3.63, 3.8) is 0 Å². The Hall–Kier alpha value is -0.590. The van der Waals surface area contributed by atoms with Crippen molar-refractivity contribution < 1.29 is 5.11 Å². The van der Waals surface area contributed by atoms with Crippen LogP contribution in [0.2, 0.25) is 0 Å². The predicted molar refractivity (Wildman–Crippen MR) is 62.7 cm³/mol. The first-order chi connectivity index (χ1) is 7.62. The van der Waals surface area contributed by atoms with Crippen LogP contribution in [0.3, 0.4) is 0 Å². The average molecular weight is 222 g/mol. The number of nitriles is 1. The predicted octanol–water partition coefficient (Wildman–Crippen LogP) is 1.82. The molecule has 1 heterocycles. The summed E-state index contributed by atoms with van der Waals surface area (Å²) in [5.74, 6) is 0.569. The number of aliphatic hydroxyl groups is 1. The van der Waals surface area contributed by atoms with Gasteiger partial charge >= 0.3 is 0 Å². The summed E-state index contributed by atoms with van der Waals surface area (Å²) in [5.41, 5.74) is -1.30. The van der Waals surface area contributed by atoms with Crippen LogP contribution in [-0.4, -0.2) is 23.8 Å². The van der Waals surface area contributed by atoms with E-state index in [4.69, 9.17) is 0 Å². The fraction of sp³-hybridized carbons (Fsp3) is 0.923. The van der Waals surface area contributed by atoms with Gasteiger partial charge in [-0.15, -0.1) is 0 Å². The van der Waals surface area contributed by atoms with E-state index >= 15 is 0 Å². The van der Waals surface area contributed by atoms with E-state index in [1.54, 1.807) is 0 Å². The molecule has 16 heavy (non-hydrogen) atoms. The van der Waals surface area contributed by atoms with Crippen LogP contribution < -0.4 is 5.32 Å². The molecular weight excluding hydrogens is 200 g/mol. The average Bonchev–Trinajstić information content (AvgIpc) is 2.29. The van der Waals surface area contributed by atoms with Crippen molar-refractivity contribution in [1.29, 1.82) is 5.26 Å². The van der Waals surface area contributed by atoms with Gasteiger partial charge in [0.1, 0.15) is 0 Å². The van der Waals surface area contributed by atoms with Gasteiger partial charge in [-0.3, -0.25) is 0 Å². The Morgan fingerprint density at radius 3 is 2.75 bits per heavy atom. The van der Waals surface area contributed by atoms with Gasteiger partial charge in [0.05, 0.1) is 17.1 Å². The maximum absolute atomic E-state index is 10.8. The molecule has 1 saturated carbocycles. The van der Waals surface area contributed by atoms with Crippen LogP contribution in [0, 0.1) is 22.7 Å². The summed E-state index contributed by atoms with van der Waals surface area (Å²) >= 11 is 0. The van der Waals surface area contributed by atoms with E-state index in [0.717, 1.165) is 38.6 Å². The summed E-state index contributed by atoms with van der Waals surface area (Å²) in [6.45, 7) is 3.76. The third kappa shape index (κ3) is 1.85. The number of hydrogen-bond acceptors (Lipinski definition) is 3. The molecule has 2 aliphatic rings. The zero-order valence-electron chi connectivity index (χ0n) is 10.1. The van der Waals surface area contributed by atoms with Crippen LogP contribution >= 0.6 is 0 Å². The van der Waals surface area contributed by atoms with Crippen LogP contribution in [0.25, 0.3) is 0 Å². The minimum Gasteiger partial charge on any atom is -0.387 e. The lowest BCUT2D eigenvalue weighted by Gasteiger charge is -2.48. The van der Waals surface area contributed by atoms with E-state index in [9.17, 15) is 10.4 Å². The molecule has 1 saturated heterocycles. The summed E-state index contributed by atoms with van der Waals surface area (Å²) in [7, 11) is 0. The smallest absolute Gasteiger partial charge is 0.0957 e. The molecule has 2 rings (SSSR count). The van der Waals surface area contributed by atoms with E-state index < -0.39 is 11.0 Å². The highest BCUT2D eigenvalue weighted by Crippen LogP contribution is 2.48. The standard InChI is InChI=1S/C13H22N2O/c1-11-4-2-5-12(8-11,9-14)13(16)6-3-7-15-10-13/h11,15-16H,2-8,10H2,1H3. The summed E-state index contributed by atoms with van der Waals surface area (Å²) in [4.78, 5) is 0. The molecule has 0 radical (unpaired) electrons. The Kier molecular flexibility index (Phi) is 3.23. The zero-order chi connectivity index (χ0) is 11.6. The lowest BCUT2D eigenvalue weighted by atomic mass is 9.60. The molecule has 0 spiro atoms. The quantitative estimate of drug-likeness (QED) is 0.711. The van der Waals surface area contributed by atoms with Crippen LogP contribution in [0.4, 0.5) is 0 Å². The van der Waals surface area contributed by atoms with Gasteiger partial charge in [0.2, 0.25) is 0 Å². The molecule has 0 amide bonds. The fourth-order valence-electron chi connectivity index (χ4n) is 3.48. The van der Waals surface area contributed by atoms with Gasteiger partial charge in [-0.05, 0) is 38.1 Å². The van der Waals surface area contributed by atoms with Crippen molar-refractivity contribution >= 4 is 0 Å². The molecule has 1 aliphatic carbocycles. The highest BCUT2D eigenvalue weighted by molar-refractivity contribution is 5.14. The van der Waals surface area contributed by atoms with E-state index in [1.165, 1.54) is 6.42 Å². The van der Waals surface area contributed by atoms with Crippen LogP contribution in [0.5, 0.6) is 0 Å². The molecule has 1 aliphatic heterocycles. The normalized spacial score (nSPS) is 44.9. The number of nitrogens with zero attached hydrogens (tertiary/aromatic N) is 1. The highest BCUT2D eigenvalue weighted by Gasteiger charge is 2.52. The minimum absolute atomic E-state index is 0.502. The van der Waals surface area contributed by atoms with E-state index in [2.05, 4.69) is 18.3 Å². The first-order valence-electron chi connectivity index (χ1n) is 6.46. The van der Waals surface area contributed by atoms with Gasteiger partial charge in [-0.25, -0.2) is 0 Å². The Morgan fingerprint density at radius 2 is 2.19 bits per heavy atom. The molecule has 3 unspecified atom stereocenters. The Balaban J connectivity index is 2.22. The topological polar surface area (TPSA) is 56.0 Å². The van der Waals surface area contributed by atoms with Crippen molar-refractivity contribution in [2.45, 2.75) is 51.0 Å². The number of rotatable bonds is 1. The third-order valence-electron chi connectivity index (χ3n) is 4.46. The van der Waals surface area contributed by atoms with Crippen molar-refractivity contribution in [2.75, 3.05) is 13.1 Å². The first kappa shape index (κ1) is 11.9. The zero-order valence-corrected chi connectivity index (χ0v) is 10.1. The molecule has 3 nitrogen and oxygen atoms in total. The fourth-order valence-corrected chi connectivity index (χ4v) is 3.48. The lowest BCUT2D eigenvalue weighted by molar-refractivity contribution is -0.0938. The molecule has 90 valence electrons. The maximum atomic E-state index is 10.8. The van der Waals surface area contributed by atoms with Crippen molar-refractivity contribution in [3.8, 4) is 6.07 Å². The molecule has 2 fully saturated rings. The van der Waals surface area contributed by atoms with Gasteiger partial charge in [0.15, 0.2) is 0 Å². The van der Waals surface area contributed by atoms with E-state index in [0.29, 0.717) is 12.5 Å². The summed E-state index contributed by atoms with van der Waals surface area (Å²) in [6, 6.07) is 2.47. The highest BCUT2D eigenvalue weighted by atomic mass is 16.3. The van der Waals surface area contributed by atoms with E-state index in [1.807, 2.05) is 0 Å². The number of nitrogens with one attached hydrogen (secondary N) is 1. The summed E-state index contributed by atoms with van der Waals surface area (Å²) in [5, 5.41) is 23.6. The molecule has 3 heteroatoms. The van der Waals surface area contributed by atoms with Crippen molar-refractivity contribution in [2.24, 2.45) is 11.3 Å². The molecule has 2 N–H and O–H groups in total. The van der Waals surface area contributed by atoms with Gasteiger partial charge in [0, 0.05) is 6.54 Å². The largest absolute Gasteiger partial charge is 0.387 e. The maximum Gasteiger partial charge on any atom is 0.0957 e. The van der Waals surface area contributed by atoms with Crippen LogP contribution in [0.1, 0.15) is 45.4 Å². The second-order valence-electron chi connectivity index (χ2n) is 5.71. The third-order valence-corrected chi connectivity index (χ3v) is 4.46. The van der Waals surface area contributed by atoms with Crippen molar-refractivity contribution in [3.05, 3.63) is 0 Å². The molecular formula is C13H22N2O. The molecule has 3 atom stereocenters. The van der Waals surface area contributed by atoms with Crippen molar-refractivity contribution in [1.82, 2.24) is 5.32 Å². The number of β-amino-alcohol motifs (C(OH)–C–C–N with tert-alkyl or cyclic N) is 1. The number of hydrogen-bond donors (Lipinski definition) is 2. The second kappa shape index (κ2) is 4.35. The van der Waals surface area contributed by atoms with Gasteiger partial charge in [-0.2, -0.15) is 5.26 Å². The summed E-state index contributed by atoms with van der Waals surface area (Å²) < 4.78 is 0. The Bertz CT molecular complexity index is 291. The van der Waals surface area contributed by atoms with Crippen LogP contribution in [-0.2, 0) is 0 Å². The second-order valence-corrected chi connectivity index (χ2v) is 5.71. The van der Waals surface area contributed by atoms with E-state index in [-0.39, 0.29) is 0 Å².